The highest BCUT2D eigenvalue weighted by Gasteiger charge is 2.31. The van der Waals surface area contributed by atoms with Gasteiger partial charge in [0, 0.05) is 31.0 Å². The topological polar surface area (TPSA) is 59.3 Å². The van der Waals surface area contributed by atoms with Crippen molar-refractivity contribution < 1.29 is 9.84 Å². The Balaban J connectivity index is 1.78. The van der Waals surface area contributed by atoms with E-state index in [0.717, 1.165) is 30.0 Å². The smallest absolute Gasteiger partial charge is 0.178 e. The Kier molecular flexibility index (Phi) is 5.08. The summed E-state index contributed by atoms with van der Waals surface area (Å²) in [6, 6.07) is 8.45. The van der Waals surface area contributed by atoms with Crippen LogP contribution < -0.4 is 5.23 Å². The Labute approximate surface area is 144 Å². The van der Waals surface area contributed by atoms with E-state index in [1.807, 2.05) is 0 Å². The molecule has 1 aliphatic rings. The van der Waals surface area contributed by atoms with Crippen molar-refractivity contribution in [2.75, 3.05) is 13.2 Å². The molecule has 1 aliphatic heterocycles. The normalized spacial score (nSPS) is 17.5. The van der Waals surface area contributed by atoms with Gasteiger partial charge >= 0.3 is 0 Å². The summed E-state index contributed by atoms with van der Waals surface area (Å²) in [6.45, 7) is 5.80. The number of aromatic nitrogens is 2. The van der Waals surface area contributed by atoms with Gasteiger partial charge in [-0.05, 0) is 32.3 Å². The van der Waals surface area contributed by atoms with Crippen molar-refractivity contribution in [1.82, 2.24) is 14.8 Å². The van der Waals surface area contributed by atoms with Gasteiger partial charge in [-0.15, -0.1) is 0 Å². The summed E-state index contributed by atoms with van der Waals surface area (Å²) in [4.78, 5) is 4.78. The third-order valence-corrected chi connectivity index (χ3v) is 4.56. The van der Waals surface area contributed by atoms with Gasteiger partial charge in [-0.1, -0.05) is 24.3 Å². The van der Waals surface area contributed by atoms with Gasteiger partial charge in [0.15, 0.2) is 7.98 Å². The van der Waals surface area contributed by atoms with Crippen LogP contribution in [0, 0.1) is 0 Å². The Morgan fingerprint density at radius 3 is 2.75 bits per heavy atom. The highest BCUT2D eigenvalue weighted by molar-refractivity contribution is 6.04. The first-order valence-corrected chi connectivity index (χ1v) is 8.41. The molecule has 0 aliphatic carbocycles. The van der Waals surface area contributed by atoms with Crippen LogP contribution in [0.15, 0.2) is 30.5 Å². The molecule has 0 saturated heterocycles. The second kappa shape index (κ2) is 7.09. The van der Waals surface area contributed by atoms with Crippen molar-refractivity contribution in [3.8, 4) is 11.3 Å². The van der Waals surface area contributed by atoms with Crippen molar-refractivity contribution in [2.45, 2.75) is 44.9 Å². The SMILES string of the molecule is [B]NC(CCO)Cc1ccc(-c2cn3c(n2)C(C)(C)OCC3)cc1. The Morgan fingerprint density at radius 1 is 1.38 bits per heavy atom. The standard InChI is InChI=1S/C18H24BN3O2/c1-18(2)17-20-16(12-22(17)8-10-24-18)14-5-3-13(4-6-14)11-15(21-19)7-9-23/h3-6,12,15,21,23H,7-11H2,1-2H3. The molecule has 1 unspecified atom stereocenters. The monoisotopic (exact) mass is 325 g/mol. The summed E-state index contributed by atoms with van der Waals surface area (Å²) in [5, 5.41) is 11.8. The van der Waals surface area contributed by atoms with Gasteiger partial charge in [0.2, 0.25) is 0 Å². The zero-order valence-electron chi connectivity index (χ0n) is 14.3. The van der Waals surface area contributed by atoms with E-state index in [4.69, 9.17) is 22.8 Å². The molecule has 5 nitrogen and oxygen atoms in total. The lowest BCUT2D eigenvalue weighted by Crippen LogP contribution is -2.33. The number of aliphatic hydroxyl groups is 1. The van der Waals surface area contributed by atoms with Gasteiger partial charge in [-0.3, -0.25) is 0 Å². The fourth-order valence-electron chi connectivity index (χ4n) is 3.17. The fourth-order valence-corrected chi connectivity index (χ4v) is 3.17. The molecule has 1 aromatic heterocycles. The first kappa shape index (κ1) is 17.2. The molecule has 2 heterocycles. The molecule has 6 heteroatoms. The number of nitrogens with zero attached hydrogens (tertiary/aromatic N) is 2. The van der Waals surface area contributed by atoms with E-state index in [2.05, 4.69) is 54.1 Å². The Bertz CT molecular complexity index is 682. The Hall–Kier alpha value is -1.63. The summed E-state index contributed by atoms with van der Waals surface area (Å²) in [6.07, 6.45) is 3.53. The third-order valence-electron chi connectivity index (χ3n) is 4.56. The van der Waals surface area contributed by atoms with Crippen LogP contribution in [-0.2, 0) is 23.3 Å². The van der Waals surface area contributed by atoms with Crippen LogP contribution in [-0.4, -0.2) is 41.9 Å². The van der Waals surface area contributed by atoms with Gasteiger partial charge in [-0.25, -0.2) is 4.98 Å². The van der Waals surface area contributed by atoms with Crippen molar-refractivity contribution in [3.63, 3.8) is 0 Å². The third kappa shape index (κ3) is 3.56. The first-order chi connectivity index (χ1) is 11.5. The van der Waals surface area contributed by atoms with Crippen molar-refractivity contribution >= 4 is 7.98 Å². The molecular weight excluding hydrogens is 301 g/mol. The van der Waals surface area contributed by atoms with Crippen molar-refractivity contribution in [1.29, 1.82) is 0 Å². The minimum absolute atomic E-state index is 0.0821. The summed E-state index contributed by atoms with van der Waals surface area (Å²) < 4.78 is 8.00. The van der Waals surface area contributed by atoms with Crippen LogP contribution >= 0.6 is 0 Å². The second-order valence-electron chi connectivity index (χ2n) is 6.78. The van der Waals surface area contributed by atoms with E-state index < -0.39 is 0 Å². The summed E-state index contributed by atoms with van der Waals surface area (Å²) in [7, 11) is 5.52. The van der Waals surface area contributed by atoms with Crippen molar-refractivity contribution in [3.05, 3.63) is 41.9 Å². The molecule has 2 radical (unpaired) electrons. The number of rotatable bonds is 6. The maximum absolute atomic E-state index is 9.04. The van der Waals surface area contributed by atoms with Crippen molar-refractivity contribution in [2.24, 2.45) is 0 Å². The molecule has 1 aromatic carbocycles. The molecule has 1 atom stereocenters. The predicted octanol–water partition coefficient (Wildman–Crippen LogP) is 1.78. The molecule has 3 rings (SSSR count). The lowest BCUT2D eigenvalue weighted by molar-refractivity contribution is -0.0538. The minimum atomic E-state index is -0.346. The van der Waals surface area contributed by atoms with Crippen LogP contribution in [0.25, 0.3) is 11.3 Å². The number of imidazole rings is 1. The number of nitrogens with one attached hydrogen (secondary N) is 1. The molecule has 24 heavy (non-hydrogen) atoms. The van der Waals surface area contributed by atoms with E-state index in [0.29, 0.717) is 13.0 Å². The maximum Gasteiger partial charge on any atom is 0.178 e. The number of aliphatic hydroxyl groups excluding tert-OH is 1. The first-order valence-electron chi connectivity index (χ1n) is 8.41. The van der Waals surface area contributed by atoms with Crippen LogP contribution in [0.2, 0.25) is 0 Å². The minimum Gasteiger partial charge on any atom is -0.396 e. The van der Waals surface area contributed by atoms with Crippen LogP contribution in [0.5, 0.6) is 0 Å². The van der Waals surface area contributed by atoms with Gasteiger partial charge in [-0.2, -0.15) is 0 Å². The van der Waals surface area contributed by atoms with Gasteiger partial charge < -0.3 is 19.6 Å². The average Bonchev–Trinajstić information content (AvgIpc) is 3.01. The van der Waals surface area contributed by atoms with E-state index in [9.17, 15) is 0 Å². The van der Waals surface area contributed by atoms with Gasteiger partial charge in [0.25, 0.3) is 0 Å². The van der Waals surface area contributed by atoms with Crippen LogP contribution in [0.4, 0.5) is 0 Å². The van der Waals surface area contributed by atoms with E-state index in [-0.39, 0.29) is 18.2 Å². The fraction of sp³-hybridized carbons (Fsp3) is 0.500. The molecule has 2 N–H and O–H groups in total. The number of fused-ring (bicyclic) bond motifs is 1. The van der Waals surface area contributed by atoms with Gasteiger partial charge in [0.05, 0.1) is 12.3 Å². The lowest BCUT2D eigenvalue weighted by atomic mass is 10.0. The number of benzene rings is 1. The number of hydrogen-bond acceptors (Lipinski definition) is 4. The molecule has 2 aromatic rings. The summed E-state index contributed by atoms with van der Waals surface area (Å²) in [5.74, 6) is 0.975. The largest absolute Gasteiger partial charge is 0.396 e. The van der Waals surface area contributed by atoms with E-state index in [1.54, 1.807) is 0 Å². The molecule has 0 spiro atoms. The van der Waals surface area contributed by atoms with Gasteiger partial charge in [0.1, 0.15) is 11.4 Å². The molecule has 0 bridgehead atoms. The molecular formula is C18H24BN3O2. The quantitative estimate of drug-likeness (QED) is 0.795. The predicted molar refractivity (Wildman–Crippen MR) is 94.7 cm³/mol. The summed E-state index contributed by atoms with van der Waals surface area (Å²) >= 11 is 0. The number of hydrogen-bond donors (Lipinski definition) is 2. The highest BCUT2D eigenvalue weighted by atomic mass is 16.5. The zero-order chi connectivity index (χ0) is 17.2. The summed E-state index contributed by atoms with van der Waals surface area (Å²) in [5.41, 5.74) is 2.90. The maximum atomic E-state index is 9.04. The lowest BCUT2D eigenvalue weighted by Gasteiger charge is -2.30. The number of ether oxygens (including phenoxy) is 1. The van der Waals surface area contributed by atoms with E-state index >= 15 is 0 Å². The molecule has 0 amide bonds. The average molecular weight is 325 g/mol. The van der Waals surface area contributed by atoms with Crippen LogP contribution in [0.3, 0.4) is 0 Å². The van der Waals surface area contributed by atoms with Crippen LogP contribution in [0.1, 0.15) is 31.7 Å². The van der Waals surface area contributed by atoms with E-state index in [1.165, 1.54) is 5.56 Å². The molecule has 0 saturated carbocycles. The highest BCUT2D eigenvalue weighted by Crippen LogP contribution is 2.30. The molecule has 126 valence electrons. The molecule has 0 fully saturated rings. The second-order valence-corrected chi connectivity index (χ2v) is 6.78. The zero-order valence-corrected chi connectivity index (χ0v) is 14.3. The Morgan fingerprint density at radius 2 is 2.12 bits per heavy atom.